The summed E-state index contributed by atoms with van der Waals surface area (Å²) in [5.41, 5.74) is -0.307. The number of nitro benzene ring substituents is 1. The lowest BCUT2D eigenvalue weighted by atomic mass is 10.2. The minimum Gasteiger partial charge on any atom is -0.355 e. The van der Waals surface area contributed by atoms with Gasteiger partial charge in [0.2, 0.25) is 5.91 Å². The van der Waals surface area contributed by atoms with Crippen LogP contribution in [0.1, 0.15) is 6.92 Å². The maximum Gasteiger partial charge on any atom is 0.271 e. The van der Waals surface area contributed by atoms with Crippen molar-refractivity contribution in [1.82, 2.24) is 14.9 Å². The van der Waals surface area contributed by atoms with Crippen LogP contribution >= 0.6 is 0 Å². The Morgan fingerprint density at radius 2 is 2.25 bits per heavy atom. The largest absolute Gasteiger partial charge is 0.355 e. The van der Waals surface area contributed by atoms with Gasteiger partial charge in [-0.3, -0.25) is 24.3 Å². The van der Waals surface area contributed by atoms with Crippen LogP contribution in [0.5, 0.6) is 0 Å². The number of nitrogens with one attached hydrogen (secondary N) is 1. The molecule has 0 unspecified atom stereocenters. The number of aromatic nitrogens is 2. The molecule has 1 amide bonds. The molecule has 0 bridgehead atoms. The molecule has 0 radical (unpaired) electrons. The second-order valence-corrected chi connectivity index (χ2v) is 4.09. The summed E-state index contributed by atoms with van der Waals surface area (Å²) >= 11 is 0. The molecule has 2 rings (SSSR count). The summed E-state index contributed by atoms with van der Waals surface area (Å²) in [7, 11) is 0. The quantitative estimate of drug-likeness (QED) is 0.644. The molecule has 0 fully saturated rings. The first-order chi connectivity index (χ1) is 9.52. The molecule has 0 aliphatic carbocycles. The van der Waals surface area contributed by atoms with Crippen LogP contribution in [0.3, 0.4) is 0 Å². The summed E-state index contributed by atoms with van der Waals surface area (Å²) in [5, 5.41) is 13.5. The van der Waals surface area contributed by atoms with Gasteiger partial charge in [-0.1, -0.05) is 0 Å². The molecule has 0 saturated heterocycles. The Labute approximate surface area is 113 Å². The maximum absolute atomic E-state index is 12.1. The van der Waals surface area contributed by atoms with E-state index in [1.54, 1.807) is 6.92 Å². The fourth-order valence-corrected chi connectivity index (χ4v) is 1.78. The molecule has 1 heterocycles. The van der Waals surface area contributed by atoms with Crippen molar-refractivity contribution in [1.29, 1.82) is 0 Å². The second kappa shape index (κ2) is 5.47. The van der Waals surface area contributed by atoms with Crippen molar-refractivity contribution < 1.29 is 9.72 Å². The van der Waals surface area contributed by atoms with E-state index in [0.717, 1.165) is 0 Å². The third-order valence-electron chi connectivity index (χ3n) is 2.71. The number of nitrogens with zero attached hydrogens (tertiary/aromatic N) is 3. The van der Waals surface area contributed by atoms with Gasteiger partial charge < -0.3 is 5.32 Å². The summed E-state index contributed by atoms with van der Waals surface area (Å²) in [6, 6.07) is 3.81. The number of carbonyl (C=O) groups excluding carboxylic acids is 1. The van der Waals surface area contributed by atoms with Crippen molar-refractivity contribution in [2.24, 2.45) is 0 Å². The molecule has 1 N–H and O–H groups in total. The van der Waals surface area contributed by atoms with Gasteiger partial charge in [-0.15, -0.1) is 0 Å². The standard InChI is InChI=1S/C12H12N4O4/c1-2-13-11(17)6-15-7-14-10-5-8(16(19)20)3-4-9(10)12(15)18/h3-5,7H,2,6H2,1H3,(H,13,17). The average molecular weight is 276 g/mol. The third kappa shape index (κ3) is 2.63. The Balaban J connectivity index is 2.44. The van der Waals surface area contributed by atoms with E-state index in [2.05, 4.69) is 10.3 Å². The van der Waals surface area contributed by atoms with E-state index in [0.29, 0.717) is 6.54 Å². The van der Waals surface area contributed by atoms with Gasteiger partial charge in [-0.05, 0) is 13.0 Å². The minimum atomic E-state index is -0.554. The molecule has 0 aliphatic rings. The minimum absolute atomic E-state index is 0.132. The molecule has 0 spiro atoms. The zero-order valence-electron chi connectivity index (χ0n) is 10.7. The van der Waals surface area contributed by atoms with Crippen LogP contribution < -0.4 is 10.9 Å². The number of carbonyl (C=O) groups is 1. The first kappa shape index (κ1) is 13.7. The second-order valence-electron chi connectivity index (χ2n) is 4.09. The lowest BCUT2D eigenvalue weighted by molar-refractivity contribution is -0.384. The number of nitro groups is 1. The van der Waals surface area contributed by atoms with Crippen LogP contribution in [-0.4, -0.2) is 26.9 Å². The van der Waals surface area contributed by atoms with Gasteiger partial charge in [-0.2, -0.15) is 0 Å². The van der Waals surface area contributed by atoms with Gasteiger partial charge >= 0.3 is 0 Å². The first-order valence-corrected chi connectivity index (χ1v) is 5.93. The molecule has 8 nitrogen and oxygen atoms in total. The summed E-state index contributed by atoms with van der Waals surface area (Å²) in [5.74, 6) is -0.294. The highest BCUT2D eigenvalue weighted by atomic mass is 16.6. The zero-order valence-corrected chi connectivity index (χ0v) is 10.7. The molecule has 1 aromatic carbocycles. The topological polar surface area (TPSA) is 107 Å². The van der Waals surface area contributed by atoms with Gasteiger partial charge in [-0.25, -0.2) is 4.98 Å². The monoisotopic (exact) mass is 276 g/mol. The number of hydrogen-bond acceptors (Lipinski definition) is 5. The van der Waals surface area contributed by atoms with Gasteiger partial charge in [0.05, 0.1) is 22.2 Å². The van der Waals surface area contributed by atoms with E-state index in [-0.39, 0.29) is 29.0 Å². The molecule has 2 aromatic rings. The lowest BCUT2D eigenvalue weighted by Crippen LogP contribution is -2.32. The number of fused-ring (bicyclic) bond motifs is 1. The Morgan fingerprint density at radius 3 is 2.90 bits per heavy atom. The van der Waals surface area contributed by atoms with E-state index in [4.69, 9.17) is 0 Å². The summed E-state index contributed by atoms with van der Waals surface area (Å²) in [6.07, 6.45) is 1.21. The molecule has 104 valence electrons. The van der Waals surface area contributed by atoms with Crippen molar-refractivity contribution >= 4 is 22.5 Å². The van der Waals surface area contributed by atoms with Crippen LogP contribution in [0.4, 0.5) is 5.69 Å². The summed E-state index contributed by atoms with van der Waals surface area (Å²) in [4.78, 5) is 37.7. The predicted molar refractivity (Wildman–Crippen MR) is 71.3 cm³/mol. The van der Waals surface area contributed by atoms with Crippen molar-refractivity contribution in [3.63, 3.8) is 0 Å². The molecule has 20 heavy (non-hydrogen) atoms. The lowest BCUT2D eigenvalue weighted by Gasteiger charge is -2.06. The van der Waals surface area contributed by atoms with Crippen LogP contribution in [0.2, 0.25) is 0 Å². The van der Waals surface area contributed by atoms with Gasteiger partial charge in [0.25, 0.3) is 11.2 Å². The van der Waals surface area contributed by atoms with Crippen molar-refractivity contribution in [2.45, 2.75) is 13.5 Å². The number of non-ortho nitro benzene ring substituents is 1. The number of rotatable bonds is 4. The van der Waals surface area contributed by atoms with E-state index in [1.807, 2.05) is 0 Å². The van der Waals surface area contributed by atoms with Crippen LogP contribution in [-0.2, 0) is 11.3 Å². The average Bonchev–Trinajstić information content (AvgIpc) is 2.42. The van der Waals surface area contributed by atoms with Crippen molar-refractivity contribution in [3.05, 3.63) is 45.0 Å². The van der Waals surface area contributed by atoms with Crippen molar-refractivity contribution in [2.75, 3.05) is 6.54 Å². The number of likely N-dealkylation sites (N-methyl/N-ethyl adjacent to an activating group) is 1. The SMILES string of the molecule is CCNC(=O)Cn1cnc2cc([N+](=O)[O-])ccc2c1=O. The first-order valence-electron chi connectivity index (χ1n) is 5.93. The van der Waals surface area contributed by atoms with E-state index >= 15 is 0 Å². The Hall–Kier alpha value is -2.77. The molecule has 0 saturated carbocycles. The van der Waals surface area contributed by atoms with E-state index < -0.39 is 10.5 Å². The van der Waals surface area contributed by atoms with E-state index in [9.17, 15) is 19.7 Å². The Bertz CT molecular complexity index is 738. The van der Waals surface area contributed by atoms with E-state index in [1.165, 1.54) is 29.1 Å². The highest BCUT2D eigenvalue weighted by Crippen LogP contribution is 2.16. The van der Waals surface area contributed by atoms with Crippen LogP contribution in [0, 0.1) is 10.1 Å². The van der Waals surface area contributed by atoms with Gasteiger partial charge in [0.1, 0.15) is 6.54 Å². The van der Waals surface area contributed by atoms with Crippen LogP contribution in [0.25, 0.3) is 10.9 Å². The fraction of sp³-hybridized carbons (Fsp3) is 0.250. The van der Waals surface area contributed by atoms with Gasteiger partial charge in [0, 0.05) is 18.7 Å². The summed E-state index contributed by atoms with van der Waals surface area (Å²) < 4.78 is 1.17. The fourth-order valence-electron chi connectivity index (χ4n) is 1.78. The summed E-state index contributed by atoms with van der Waals surface area (Å²) in [6.45, 7) is 2.12. The Morgan fingerprint density at radius 1 is 1.50 bits per heavy atom. The normalized spacial score (nSPS) is 10.4. The highest BCUT2D eigenvalue weighted by molar-refractivity contribution is 5.80. The molecule has 0 aliphatic heterocycles. The van der Waals surface area contributed by atoms with Crippen molar-refractivity contribution in [3.8, 4) is 0 Å². The smallest absolute Gasteiger partial charge is 0.271 e. The third-order valence-corrected chi connectivity index (χ3v) is 2.71. The number of amides is 1. The molecule has 0 atom stereocenters. The highest BCUT2D eigenvalue weighted by Gasteiger charge is 2.11. The number of hydrogen-bond donors (Lipinski definition) is 1. The van der Waals surface area contributed by atoms with Gasteiger partial charge in [0.15, 0.2) is 0 Å². The number of benzene rings is 1. The predicted octanol–water partition coefficient (Wildman–Crippen LogP) is 0.441. The Kier molecular flexibility index (Phi) is 3.74. The maximum atomic E-state index is 12.1. The molecule has 8 heteroatoms. The van der Waals surface area contributed by atoms with Crippen LogP contribution in [0.15, 0.2) is 29.3 Å². The molecular weight excluding hydrogens is 264 g/mol. The molecule has 1 aromatic heterocycles. The zero-order chi connectivity index (χ0) is 14.7. The molecular formula is C12H12N4O4.